The SMILES string of the molecule is C[O+].C[O+].C[O+].O=P([O-])([O-])[O-]. The molecule has 0 bridgehead atoms. The fourth-order valence-corrected chi connectivity index (χ4v) is 0. The van der Waals surface area contributed by atoms with Gasteiger partial charge in [0.1, 0.15) is 0 Å². The largest absolute Gasteiger partial charge is 0.822 e. The lowest BCUT2D eigenvalue weighted by molar-refractivity contribution is -0.432. The summed E-state index contributed by atoms with van der Waals surface area (Å²) in [5.74, 6) is 0. The summed E-state index contributed by atoms with van der Waals surface area (Å²) in [5.41, 5.74) is 0. The molecule has 0 saturated carbocycles. The standard InChI is InChI=1S/3CH3O.H3O4P/c3*1-2;1-5(2,3)4/h3*1H3;(H3,1,2,3,4)/q3*+1;/p-3. The van der Waals surface area contributed by atoms with E-state index in [1.807, 2.05) is 0 Å². The van der Waals surface area contributed by atoms with Gasteiger partial charge in [0.05, 0.1) is 0 Å². The molecule has 0 heterocycles. The molecule has 0 unspecified atom stereocenters. The van der Waals surface area contributed by atoms with Crippen molar-refractivity contribution in [2.75, 3.05) is 21.3 Å². The molecule has 7 nitrogen and oxygen atoms in total. The summed E-state index contributed by atoms with van der Waals surface area (Å²) in [6.45, 7) is 0. The van der Waals surface area contributed by atoms with E-state index < -0.39 is 7.82 Å². The van der Waals surface area contributed by atoms with Crippen molar-refractivity contribution in [2.45, 2.75) is 0 Å². The molecule has 0 aromatic carbocycles. The Morgan fingerprint density at radius 2 is 0.818 bits per heavy atom. The van der Waals surface area contributed by atoms with E-state index in [0.717, 1.165) is 21.3 Å². The van der Waals surface area contributed by atoms with Gasteiger partial charge in [-0.1, -0.05) is 0 Å². The first-order chi connectivity index (χ1) is 5.00. The maximum atomic E-state index is 8.55. The van der Waals surface area contributed by atoms with E-state index in [4.69, 9.17) is 34.6 Å². The number of hydrogen-bond acceptors (Lipinski definition) is 4. The molecule has 11 heavy (non-hydrogen) atoms. The van der Waals surface area contributed by atoms with Crippen LogP contribution in [-0.2, 0) is 19.9 Å². The molecule has 8 heteroatoms. The Morgan fingerprint density at radius 1 is 0.818 bits per heavy atom. The summed E-state index contributed by atoms with van der Waals surface area (Å²) in [7, 11) is -3.14. The second-order valence-electron chi connectivity index (χ2n) is 0.447. The van der Waals surface area contributed by atoms with Gasteiger partial charge < -0.3 is 19.2 Å². The Labute approximate surface area is 64.8 Å². The molecule has 0 aromatic heterocycles. The topological polar surface area (TPSA) is 146 Å². The van der Waals surface area contributed by atoms with E-state index in [0.29, 0.717) is 0 Å². The number of phosphoric acid groups is 1. The molecule has 6 radical (unpaired) electrons. The van der Waals surface area contributed by atoms with Crippen molar-refractivity contribution in [3.63, 3.8) is 0 Å². The third-order valence-corrected chi connectivity index (χ3v) is 0. The maximum Gasteiger partial charge on any atom is 0.328 e. The molecule has 0 spiro atoms. The second kappa shape index (κ2) is 22.5. The van der Waals surface area contributed by atoms with E-state index in [1.54, 1.807) is 0 Å². The van der Waals surface area contributed by atoms with Gasteiger partial charge in [-0.25, -0.2) is 0 Å². The zero-order chi connectivity index (χ0) is 10.5. The quantitative estimate of drug-likeness (QED) is 0.300. The fourth-order valence-electron chi connectivity index (χ4n) is 0. The molecule has 68 valence electrons. The minimum atomic E-state index is -5.39. The average molecular weight is 188 g/mol. The smallest absolute Gasteiger partial charge is 0.328 e. The molecule has 0 amide bonds. The third kappa shape index (κ3) is 6380000. The third-order valence-electron chi connectivity index (χ3n) is 0. The molecule has 0 fully saturated rings. The van der Waals surface area contributed by atoms with Gasteiger partial charge >= 0.3 is 21.3 Å². The highest BCUT2D eigenvalue weighted by Gasteiger charge is 1.44. The molecule has 0 rings (SSSR count). The van der Waals surface area contributed by atoms with E-state index in [1.165, 1.54) is 0 Å². The molecule has 0 aliphatic carbocycles. The lowest BCUT2D eigenvalue weighted by Crippen LogP contribution is -2.24. The lowest BCUT2D eigenvalue weighted by Gasteiger charge is -2.36. The van der Waals surface area contributed by atoms with Crippen molar-refractivity contribution in [3.05, 3.63) is 0 Å². The van der Waals surface area contributed by atoms with Crippen LogP contribution in [-0.4, -0.2) is 21.3 Å². The highest BCUT2D eigenvalue weighted by atomic mass is 31.2. The van der Waals surface area contributed by atoms with Gasteiger partial charge in [0.2, 0.25) is 0 Å². The van der Waals surface area contributed by atoms with E-state index in [-0.39, 0.29) is 0 Å². The van der Waals surface area contributed by atoms with Crippen LogP contribution in [0.5, 0.6) is 0 Å². The molecular weight excluding hydrogens is 179 g/mol. The van der Waals surface area contributed by atoms with Crippen LogP contribution < -0.4 is 14.7 Å². The molecule has 0 aliphatic heterocycles. The van der Waals surface area contributed by atoms with Gasteiger partial charge in [-0.2, -0.15) is 7.82 Å². The van der Waals surface area contributed by atoms with Gasteiger partial charge in [0.25, 0.3) is 15.3 Å². The predicted molar refractivity (Wildman–Crippen MR) is 27.4 cm³/mol. The Morgan fingerprint density at radius 3 is 0.818 bits per heavy atom. The summed E-state index contributed by atoms with van der Waals surface area (Å²) in [6.07, 6.45) is 0. The van der Waals surface area contributed by atoms with E-state index in [2.05, 4.69) is 0 Å². The molecule has 0 aliphatic rings. The summed E-state index contributed by atoms with van der Waals surface area (Å²) >= 11 is 0. The van der Waals surface area contributed by atoms with Gasteiger partial charge in [0.15, 0.2) is 0 Å². The zero-order valence-electron chi connectivity index (χ0n) is 6.30. The predicted octanol–water partition coefficient (Wildman–Crippen LogP) is -2.68. The molecule has 0 saturated heterocycles. The lowest BCUT2D eigenvalue weighted by atomic mass is 11.8. The van der Waals surface area contributed by atoms with Crippen LogP contribution in [0.15, 0.2) is 0 Å². The summed E-state index contributed by atoms with van der Waals surface area (Å²) in [4.78, 5) is 25.6. The van der Waals surface area contributed by atoms with Crippen molar-refractivity contribution in [3.8, 4) is 0 Å². The van der Waals surface area contributed by atoms with Crippen LogP contribution >= 0.6 is 7.82 Å². The van der Waals surface area contributed by atoms with Crippen LogP contribution in [0.25, 0.3) is 0 Å². The van der Waals surface area contributed by atoms with E-state index >= 15 is 0 Å². The van der Waals surface area contributed by atoms with Crippen LogP contribution in [0.2, 0.25) is 0 Å². The maximum absolute atomic E-state index is 8.55. The summed E-state index contributed by atoms with van der Waals surface area (Å²) < 4.78 is 8.55. The van der Waals surface area contributed by atoms with Gasteiger partial charge in [-0.3, -0.25) is 0 Å². The van der Waals surface area contributed by atoms with Crippen LogP contribution in [0.3, 0.4) is 0 Å². The fraction of sp³-hybridized carbons (Fsp3) is 1.00. The first-order valence-corrected chi connectivity index (χ1v) is 3.42. The Kier molecular flexibility index (Phi) is 45.9. The number of rotatable bonds is 0. The van der Waals surface area contributed by atoms with E-state index in [9.17, 15) is 0 Å². The minimum Gasteiger partial charge on any atom is -0.822 e. The molecular formula is C3H9O7P. The van der Waals surface area contributed by atoms with Crippen molar-refractivity contribution in [2.24, 2.45) is 0 Å². The van der Waals surface area contributed by atoms with Crippen LogP contribution in [0.4, 0.5) is 0 Å². The zero-order valence-corrected chi connectivity index (χ0v) is 7.20. The summed E-state index contributed by atoms with van der Waals surface area (Å²) in [6, 6.07) is 0. The Bertz CT molecular complexity index is 59.8. The normalized spacial score (nSPS) is 7.00. The van der Waals surface area contributed by atoms with Gasteiger partial charge in [0, 0.05) is 0 Å². The van der Waals surface area contributed by atoms with Crippen LogP contribution in [0.1, 0.15) is 0 Å². The summed E-state index contributed by atoms with van der Waals surface area (Å²) in [5, 5.41) is 24.8. The van der Waals surface area contributed by atoms with Crippen molar-refractivity contribution >= 4 is 7.82 Å². The second-order valence-corrected chi connectivity index (χ2v) is 1.34. The number of hydrogen-bond donors (Lipinski definition) is 0. The monoisotopic (exact) mass is 188 g/mol. The van der Waals surface area contributed by atoms with Crippen molar-refractivity contribution in [1.82, 2.24) is 0 Å². The highest BCUT2D eigenvalue weighted by Crippen LogP contribution is 2.03. The molecule has 0 N–H and O–H groups in total. The molecule has 0 aromatic rings. The Balaban J connectivity index is -0.0000000350. The van der Waals surface area contributed by atoms with Crippen molar-refractivity contribution < 1.29 is 34.6 Å². The minimum absolute atomic E-state index is 0.750. The molecule has 0 atom stereocenters. The van der Waals surface area contributed by atoms with Gasteiger partial charge in [-0.15, -0.1) is 0 Å². The van der Waals surface area contributed by atoms with Crippen molar-refractivity contribution in [1.29, 1.82) is 0 Å². The average Bonchev–Trinajstić information content (AvgIpc) is 1.96. The first kappa shape index (κ1) is 22.4. The first-order valence-electron chi connectivity index (χ1n) is 1.96. The van der Waals surface area contributed by atoms with Crippen LogP contribution in [0, 0.1) is 0 Å². The van der Waals surface area contributed by atoms with Gasteiger partial charge in [-0.05, 0) is 0 Å². The Hall–Kier alpha value is -0.0100. The highest BCUT2D eigenvalue weighted by molar-refractivity contribution is 7.40.